The third kappa shape index (κ3) is 4.40. The highest BCUT2D eigenvalue weighted by Crippen LogP contribution is 2.20. The molecule has 6 nitrogen and oxygen atoms in total. The van der Waals surface area contributed by atoms with Gasteiger partial charge in [0, 0.05) is 18.5 Å². The Morgan fingerprint density at radius 2 is 2.22 bits per heavy atom. The predicted molar refractivity (Wildman–Crippen MR) is 75.8 cm³/mol. The van der Waals surface area contributed by atoms with Crippen molar-refractivity contribution < 1.29 is 15.1 Å². The van der Waals surface area contributed by atoms with Gasteiger partial charge in [0.25, 0.3) is 5.91 Å². The minimum Gasteiger partial charge on any atom is -0.507 e. The number of phenolic OH excluding ortho intramolecular Hbond substituents is 1. The molecule has 0 heterocycles. The normalized spacial score (nSPS) is 11.3. The SMILES string of the molecule is N/C(CCCNC(=O)c1ccc(I)c(O)c1)=N/O. The summed E-state index contributed by atoms with van der Waals surface area (Å²) in [6.45, 7) is 0.418. The number of rotatable bonds is 5. The van der Waals surface area contributed by atoms with E-state index in [2.05, 4.69) is 10.5 Å². The average Bonchev–Trinajstić information content (AvgIpc) is 2.37. The first-order valence-corrected chi connectivity index (χ1v) is 6.35. The Kier molecular flexibility index (Phi) is 5.69. The van der Waals surface area contributed by atoms with E-state index in [4.69, 9.17) is 10.9 Å². The van der Waals surface area contributed by atoms with Crippen LogP contribution in [0.2, 0.25) is 0 Å². The molecule has 0 aliphatic carbocycles. The molecule has 0 fully saturated rings. The van der Waals surface area contributed by atoms with Gasteiger partial charge in [0.1, 0.15) is 11.6 Å². The van der Waals surface area contributed by atoms with E-state index in [9.17, 15) is 9.90 Å². The second-order valence-corrected chi connectivity index (χ2v) is 4.78. The molecule has 0 bridgehead atoms. The molecule has 0 spiro atoms. The summed E-state index contributed by atoms with van der Waals surface area (Å²) in [7, 11) is 0. The molecule has 1 aromatic rings. The van der Waals surface area contributed by atoms with Crippen LogP contribution < -0.4 is 11.1 Å². The molecule has 1 amide bonds. The Labute approximate surface area is 118 Å². The van der Waals surface area contributed by atoms with Crippen LogP contribution in [0.1, 0.15) is 23.2 Å². The first kappa shape index (κ1) is 14.6. The van der Waals surface area contributed by atoms with Gasteiger partial charge in [-0.1, -0.05) is 5.16 Å². The molecule has 0 unspecified atom stereocenters. The van der Waals surface area contributed by atoms with Crippen molar-refractivity contribution in [2.45, 2.75) is 12.8 Å². The van der Waals surface area contributed by atoms with Crippen LogP contribution in [0.15, 0.2) is 23.4 Å². The molecule has 7 heteroatoms. The maximum absolute atomic E-state index is 11.7. The summed E-state index contributed by atoms with van der Waals surface area (Å²) in [5, 5.41) is 23.3. The van der Waals surface area contributed by atoms with E-state index in [1.54, 1.807) is 12.1 Å². The quantitative estimate of drug-likeness (QED) is 0.158. The smallest absolute Gasteiger partial charge is 0.251 e. The molecule has 0 atom stereocenters. The number of nitrogens with one attached hydrogen (secondary N) is 1. The van der Waals surface area contributed by atoms with Crippen molar-refractivity contribution in [3.05, 3.63) is 27.3 Å². The zero-order chi connectivity index (χ0) is 13.5. The van der Waals surface area contributed by atoms with Gasteiger partial charge in [0.2, 0.25) is 0 Å². The monoisotopic (exact) mass is 363 g/mol. The van der Waals surface area contributed by atoms with Crippen LogP contribution in [-0.2, 0) is 0 Å². The van der Waals surface area contributed by atoms with Gasteiger partial charge in [-0.2, -0.15) is 0 Å². The van der Waals surface area contributed by atoms with Crippen molar-refractivity contribution in [3.63, 3.8) is 0 Å². The van der Waals surface area contributed by atoms with Crippen molar-refractivity contribution in [1.82, 2.24) is 5.32 Å². The fourth-order valence-electron chi connectivity index (χ4n) is 1.28. The number of hydrogen-bond donors (Lipinski definition) is 4. The Balaban J connectivity index is 2.43. The number of nitrogens with zero attached hydrogens (tertiary/aromatic N) is 1. The first-order chi connectivity index (χ1) is 8.54. The topological polar surface area (TPSA) is 108 Å². The average molecular weight is 363 g/mol. The molecule has 0 saturated heterocycles. The van der Waals surface area contributed by atoms with Crippen molar-refractivity contribution >= 4 is 34.3 Å². The van der Waals surface area contributed by atoms with Gasteiger partial charge in [-0.15, -0.1) is 0 Å². The largest absolute Gasteiger partial charge is 0.507 e. The Bertz CT molecular complexity index is 463. The number of amides is 1. The van der Waals surface area contributed by atoms with Crippen molar-refractivity contribution in [3.8, 4) is 5.75 Å². The van der Waals surface area contributed by atoms with Gasteiger partial charge in [-0.05, 0) is 47.2 Å². The van der Waals surface area contributed by atoms with Gasteiger partial charge < -0.3 is 21.4 Å². The number of benzene rings is 1. The van der Waals surface area contributed by atoms with Gasteiger partial charge in [-0.25, -0.2) is 0 Å². The number of hydrogen-bond acceptors (Lipinski definition) is 4. The fourth-order valence-corrected chi connectivity index (χ4v) is 1.61. The number of halogens is 1. The Morgan fingerprint density at radius 3 is 2.83 bits per heavy atom. The zero-order valence-electron chi connectivity index (χ0n) is 9.56. The molecule has 18 heavy (non-hydrogen) atoms. The van der Waals surface area contributed by atoms with E-state index in [1.807, 2.05) is 22.6 Å². The minimum absolute atomic E-state index is 0.0832. The highest BCUT2D eigenvalue weighted by atomic mass is 127. The van der Waals surface area contributed by atoms with E-state index in [0.29, 0.717) is 28.5 Å². The van der Waals surface area contributed by atoms with E-state index >= 15 is 0 Å². The molecule has 0 saturated carbocycles. The summed E-state index contributed by atoms with van der Waals surface area (Å²) >= 11 is 1.98. The van der Waals surface area contributed by atoms with Crippen LogP contribution in [0.3, 0.4) is 0 Å². The molecule has 0 aliphatic rings. The van der Waals surface area contributed by atoms with Crippen molar-refractivity contribution in [2.24, 2.45) is 10.9 Å². The Hall–Kier alpha value is -1.51. The van der Waals surface area contributed by atoms with Crippen LogP contribution in [0.4, 0.5) is 0 Å². The van der Waals surface area contributed by atoms with Gasteiger partial charge in [0.15, 0.2) is 0 Å². The molecule has 5 N–H and O–H groups in total. The molecule has 0 aromatic heterocycles. The van der Waals surface area contributed by atoms with Crippen LogP contribution in [0.5, 0.6) is 5.75 Å². The lowest BCUT2D eigenvalue weighted by atomic mass is 10.2. The highest BCUT2D eigenvalue weighted by molar-refractivity contribution is 14.1. The first-order valence-electron chi connectivity index (χ1n) is 5.27. The minimum atomic E-state index is -0.263. The summed E-state index contributed by atoms with van der Waals surface area (Å²) < 4.78 is 0.691. The number of phenols is 1. The van der Waals surface area contributed by atoms with Crippen LogP contribution in [0, 0.1) is 3.57 Å². The van der Waals surface area contributed by atoms with Crippen LogP contribution >= 0.6 is 22.6 Å². The van der Waals surface area contributed by atoms with Crippen LogP contribution in [0.25, 0.3) is 0 Å². The molecular formula is C11H14IN3O3. The van der Waals surface area contributed by atoms with Gasteiger partial charge in [-0.3, -0.25) is 4.79 Å². The van der Waals surface area contributed by atoms with Crippen molar-refractivity contribution in [2.75, 3.05) is 6.54 Å². The highest BCUT2D eigenvalue weighted by Gasteiger charge is 2.07. The fraction of sp³-hybridized carbons (Fsp3) is 0.273. The maximum Gasteiger partial charge on any atom is 0.251 e. The lowest BCUT2D eigenvalue weighted by Crippen LogP contribution is -2.25. The molecule has 1 aromatic carbocycles. The van der Waals surface area contributed by atoms with Crippen LogP contribution in [-0.4, -0.2) is 28.6 Å². The Morgan fingerprint density at radius 1 is 1.50 bits per heavy atom. The van der Waals surface area contributed by atoms with E-state index in [1.165, 1.54) is 6.07 Å². The van der Waals surface area contributed by atoms with E-state index in [0.717, 1.165) is 0 Å². The molecule has 1 rings (SSSR count). The molecule has 0 aliphatic heterocycles. The molecule has 0 radical (unpaired) electrons. The second-order valence-electron chi connectivity index (χ2n) is 3.62. The maximum atomic E-state index is 11.7. The second kappa shape index (κ2) is 7.04. The summed E-state index contributed by atoms with van der Waals surface area (Å²) in [4.78, 5) is 11.7. The standard InChI is InChI=1S/C11H14IN3O3/c12-8-4-3-7(6-9(8)16)11(17)14-5-1-2-10(13)15-18/h3-4,6,16,18H,1-2,5H2,(H2,13,15)(H,14,17). The third-order valence-corrected chi connectivity index (χ3v) is 3.14. The summed E-state index contributed by atoms with van der Waals surface area (Å²) in [5.74, 6) is -0.0442. The number of nitrogens with two attached hydrogens (primary N) is 1. The van der Waals surface area contributed by atoms with Gasteiger partial charge >= 0.3 is 0 Å². The van der Waals surface area contributed by atoms with E-state index < -0.39 is 0 Å². The molecule has 98 valence electrons. The number of carbonyl (C=O) groups is 1. The summed E-state index contributed by atoms with van der Waals surface area (Å²) in [6, 6.07) is 4.72. The predicted octanol–water partition coefficient (Wildman–Crippen LogP) is 1.25. The van der Waals surface area contributed by atoms with Crippen molar-refractivity contribution in [1.29, 1.82) is 0 Å². The number of oxime groups is 1. The lowest BCUT2D eigenvalue weighted by molar-refractivity contribution is 0.0953. The zero-order valence-corrected chi connectivity index (χ0v) is 11.7. The molecular weight excluding hydrogens is 349 g/mol. The summed E-state index contributed by atoms with van der Waals surface area (Å²) in [5.41, 5.74) is 5.69. The van der Waals surface area contributed by atoms with Gasteiger partial charge in [0.05, 0.1) is 3.57 Å². The van der Waals surface area contributed by atoms with E-state index in [-0.39, 0.29) is 17.5 Å². The number of aromatic hydroxyl groups is 1. The lowest BCUT2D eigenvalue weighted by Gasteiger charge is -2.06. The number of carbonyl (C=O) groups excluding carboxylic acids is 1. The third-order valence-electron chi connectivity index (χ3n) is 2.23. The number of amidine groups is 1. The summed E-state index contributed by atoms with van der Waals surface area (Å²) in [6.07, 6.45) is 0.993.